The van der Waals surface area contributed by atoms with Gasteiger partial charge in [0.2, 0.25) is 0 Å². The number of nitrogens with one attached hydrogen (secondary N) is 1. The smallest absolute Gasteiger partial charge is 0.189 e. The molecule has 1 aliphatic carbocycles. The minimum absolute atomic E-state index is 0.295. The minimum atomic E-state index is 0.295. The Labute approximate surface area is 121 Å². The highest BCUT2D eigenvalue weighted by Gasteiger charge is 2.21. The van der Waals surface area contributed by atoms with Gasteiger partial charge in [-0.3, -0.25) is 0 Å². The van der Waals surface area contributed by atoms with Crippen molar-refractivity contribution in [2.45, 2.75) is 33.2 Å². The van der Waals surface area contributed by atoms with Crippen LogP contribution in [0.15, 0.2) is 18.2 Å². The Hall–Kier alpha value is -1.26. The number of rotatable bonds is 10. The molecule has 112 valence electrons. The van der Waals surface area contributed by atoms with E-state index in [0.717, 1.165) is 37.1 Å². The van der Waals surface area contributed by atoms with Crippen molar-refractivity contribution in [2.75, 3.05) is 26.6 Å². The van der Waals surface area contributed by atoms with Crippen LogP contribution in [0.2, 0.25) is 0 Å². The molecule has 4 heteroatoms. The fraction of sp³-hybridized carbons (Fsp3) is 0.625. The fourth-order valence-electron chi connectivity index (χ4n) is 1.92. The lowest BCUT2D eigenvalue weighted by molar-refractivity contribution is 0.00839. The van der Waals surface area contributed by atoms with Crippen molar-refractivity contribution in [3.8, 4) is 11.5 Å². The summed E-state index contributed by atoms with van der Waals surface area (Å²) in [5, 5.41) is 3.30. The van der Waals surface area contributed by atoms with Gasteiger partial charge in [0.25, 0.3) is 0 Å². The molecule has 1 aromatic carbocycles. The predicted molar refractivity (Wildman–Crippen MR) is 79.2 cm³/mol. The van der Waals surface area contributed by atoms with Crippen LogP contribution in [0.4, 0.5) is 0 Å². The van der Waals surface area contributed by atoms with E-state index in [4.69, 9.17) is 14.2 Å². The first kappa shape index (κ1) is 15.1. The van der Waals surface area contributed by atoms with E-state index in [1.807, 2.05) is 19.1 Å². The maximum absolute atomic E-state index is 5.66. The number of ether oxygens (including phenoxy) is 3. The molecule has 0 radical (unpaired) electrons. The molecule has 0 bridgehead atoms. The monoisotopic (exact) mass is 279 g/mol. The summed E-state index contributed by atoms with van der Waals surface area (Å²) in [6.07, 6.45) is 2.59. The Morgan fingerprint density at radius 2 is 2.00 bits per heavy atom. The van der Waals surface area contributed by atoms with E-state index in [0.29, 0.717) is 13.4 Å². The van der Waals surface area contributed by atoms with E-state index < -0.39 is 0 Å². The largest absolute Gasteiger partial charge is 0.490 e. The van der Waals surface area contributed by atoms with Gasteiger partial charge in [-0.2, -0.15) is 0 Å². The zero-order valence-corrected chi connectivity index (χ0v) is 12.5. The summed E-state index contributed by atoms with van der Waals surface area (Å²) in [4.78, 5) is 0. The lowest BCUT2D eigenvalue weighted by Crippen LogP contribution is -2.12. The molecule has 0 aliphatic heterocycles. The molecule has 2 rings (SSSR count). The molecule has 1 N–H and O–H groups in total. The molecule has 1 aliphatic rings. The first-order valence-electron chi connectivity index (χ1n) is 7.50. The molecule has 0 heterocycles. The highest BCUT2D eigenvalue weighted by molar-refractivity contribution is 5.43. The molecule has 1 aromatic rings. The van der Waals surface area contributed by atoms with Crippen LogP contribution in [0, 0.1) is 5.92 Å². The van der Waals surface area contributed by atoms with Crippen molar-refractivity contribution in [1.29, 1.82) is 0 Å². The molecule has 0 amide bonds. The summed E-state index contributed by atoms with van der Waals surface area (Å²) < 4.78 is 16.8. The van der Waals surface area contributed by atoms with Gasteiger partial charge >= 0.3 is 0 Å². The number of hydrogen-bond donors (Lipinski definition) is 1. The maximum Gasteiger partial charge on any atom is 0.189 e. The van der Waals surface area contributed by atoms with E-state index in [1.54, 1.807) is 0 Å². The van der Waals surface area contributed by atoms with E-state index in [-0.39, 0.29) is 0 Å². The Bertz CT molecular complexity index is 405. The van der Waals surface area contributed by atoms with E-state index in [1.165, 1.54) is 18.4 Å². The molecule has 0 aromatic heterocycles. The van der Waals surface area contributed by atoms with Gasteiger partial charge in [-0.05, 0) is 49.9 Å². The van der Waals surface area contributed by atoms with Crippen LogP contribution in [0.3, 0.4) is 0 Å². The zero-order chi connectivity index (χ0) is 14.2. The van der Waals surface area contributed by atoms with Gasteiger partial charge in [0, 0.05) is 6.54 Å². The Morgan fingerprint density at radius 3 is 2.70 bits per heavy atom. The first-order chi connectivity index (χ1) is 9.83. The Balaban J connectivity index is 1.87. The lowest BCUT2D eigenvalue weighted by atomic mass is 10.2. The topological polar surface area (TPSA) is 39.7 Å². The fourth-order valence-corrected chi connectivity index (χ4v) is 1.92. The van der Waals surface area contributed by atoms with Gasteiger partial charge in [-0.1, -0.05) is 13.0 Å². The van der Waals surface area contributed by atoms with Crippen molar-refractivity contribution < 1.29 is 14.2 Å². The summed E-state index contributed by atoms with van der Waals surface area (Å²) in [7, 11) is 0. The third-order valence-corrected chi connectivity index (χ3v) is 3.24. The van der Waals surface area contributed by atoms with E-state index in [9.17, 15) is 0 Å². The second kappa shape index (κ2) is 8.12. The lowest BCUT2D eigenvalue weighted by Gasteiger charge is -2.13. The quantitative estimate of drug-likeness (QED) is 0.528. The molecule has 1 fully saturated rings. The van der Waals surface area contributed by atoms with Gasteiger partial charge in [-0.25, -0.2) is 0 Å². The Morgan fingerprint density at radius 1 is 1.15 bits per heavy atom. The average Bonchev–Trinajstić information content (AvgIpc) is 3.27. The Kier molecular flexibility index (Phi) is 6.15. The van der Waals surface area contributed by atoms with E-state index >= 15 is 0 Å². The summed E-state index contributed by atoms with van der Waals surface area (Å²) in [5.41, 5.74) is 1.20. The first-order valence-corrected chi connectivity index (χ1v) is 7.50. The van der Waals surface area contributed by atoms with Crippen molar-refractivity contribution in [3.63, 3.8) is 0 Å². The van der Waals surface area contributed by atoms with E-state index in [2.05, 4.69) is 18.3 Å². The van der Waals surface area contributed by atoms with Crippen molar-refractivity contribution in [3.05, 3.63) is 23.8 Å². The van der Waals surface area contributed by atoms with Crippen LogP contribution < -0.4 is 14.8 Å². The predicted octanol–water partition coefficient (Wildman–Crippen LogP) is 2.96. The summed E-state index contributed by atoms with van der Waals surface area (Å²) in [6, 6.07) is 6.04. The van der Waals surface area contributed by atoms with Gasteiger partial charge in [-0.15, -0.1) is 0 Å². The van der Waals surface area contributed by atoms with Crippen molar-refractivity contribution in [2.24, 2.45) is 5.92 Å². The zero-order valence-electron chi connectivity index (χ0n) is 12.5. The third-order valence-electron chi connectivity index (χ3n) is 3.24. The molecule has 4 nitrogen and oxygen atoms in total. The second-order valence-corrected chi connectivity index (χ2v) is 5.07. The average molecular weight is 279 g/mol. The second-order valence-electron chi connectivity index (χ2n) is 5.07. The van der Waals surface area contributed by atoms with Crippen LogP contribution in [-0.2, 0) is 11.3 Å². The van der Waals surface area contributed by atoms with Gasteiger partial charge in [0.1, 0.15) is 0 Å². The molecular weight excluding hydrogens is 254 g/mol. The normalized spacial score (nSPS) is 14.3. The van der Waals surface area contributed by atoms with Gasteiger partial charge < -0.3 is 19.5 Å². The van der Waals surface area contributed by atoms with Crippen LogP contribution in [0.5, 0.6) is 11.5 Å². The molecule has 0 saturated heterocycles. The van der Waals surface area contributed by atoms with Crippen LogP contribution in [-0.4, -0.2) is 26.6 Å². The molecule has 20 heavy (non-hydrogen) atoms. The molecule has 0 unspecified atom stereocenters. The summed E-state index contributed by atoms with van der Waals surface area (Å²) in [5.74, 6) is 2.30. The highest BCUT2D eigenvalue weighted by Crippen LogP contribution is 2.30. The SMILES string of the molecule is CCNCc1ccc(OCOCC2CC2)c(OCC)c1. The maximum atomic E-state index is 5.66. The van der Waals surface area contributed by atoms with Gasteiger partial charge in [0.15, 0.2) is 18.3 Å². The molecular formula is C16H25NO3. The standard InChI is InChI=1S/C16H25NO3/c1-3-17-10-14-7-8-15(16(9-14)19-4-2)20-12-18-11-13-5-6-13/h7-9,13,17H,3-6,10-12H2,1-2H3. The molecule has 0 atom stereocenters. The van der Waals surface area contributed by atoms with Gasteiger partial charge in [0.05, 0.1) is 13.2 Å². The van der Waals surface area contributed by atoms with Crippen LogP contribution in [0.25, 0.3) is 0 Å². The molecule has 0 spiro atoms. The summed E-state index contributed by atoms with van der Waals surface area (Å²) in [6.45, 7) is 7.60. The number of hydrogen-bond acceptors (Lipinski definition) is 4. The third kappa shape index (κ3) is 5.02. The summed E-state index contributed by atoms with van der Waals surface area (Å²) >= 11 is 0. The van der Waals surface area contributed by atoms with Crippen molar-refractivity contribution in [1.82, 2.24) is 5.32 Å². The number of benzene rings is 1. The minimum Gasteiger partial charge on any atom is -0.490 e. The van der Waals surface area contributed by atoms with Crippen molar-refractivity contribution >= 4 is 0 Å². The highest BCUT2D eigenvalue weighted by atomic mass is 16.7. The molecule has 1 saturated carbocycles. The van der Waals surface area contributed by atoms with Crippen LogP contribution >= 0.6 is 0 Å². The van der Waals surface area contributed by atoms with Crippen LogP contribution in [0.1, 0.15) is 32.3 Å².